The molecule has 4 nitrogen and oxygen atoms in total. The lowest BCUT2D eigenvalue weighted by Crippen LogP contribution is -2.17. The van der Waals surface area contributed by atoms with Crippen LogP contribution in [0.2, 0.25) is 0 Å². The Balaban J connectivity index is 2.01. The first kappa shape index (κ1) is 15.0. The van der Waals surface area contributed by atoms with Crippen molar-refractivity contribution < 1.29 is 4.79 Å². The average Bonchev–Trinajstić information content (AvgIpc) is 2.46. The van der Waals surface area contributed by atoms with E-state index >= 15 is 0 Å². The molecule has 0 aliphatic heterocycles. The van der Waals surface area contributed by atoms with Crippen molar-refractivity contribution in [2.24, 2.45) is 5.92 Å². The minimum absolute atomic E-state index is 0.0234. The van der Waals surface area contributed by atoms with Crippen LogP contribution in [0, 0.1) is 12.8 Å². The van der Waals surface area contributed by atoms with Crippen molar-refractivity contribution in [2.45, 2.75) is 27.3 Å². The van der Waals surface area contributed by atoms with Gasteiger partial charge in [-0.25, -0.2) is 0 Å². The largest absolute Gasteiger partial charge is 0.381 e. The summed E-state index contributed by atoms with van der Waals surface area (Å²) in [6.07, 6.45) is 3.66. The molecular formula is C17H21N3O. The summed E-state index contributed by atoms with van der Waals surface area (Å²) in [5, 5.41) is 6.25. The number of anilines is 2. The molecule has 1 heterocycles. The van der Waals surface area contributed by atoms with Crippen molar-refractivity contribution in [1.29, 1.82) is 0 Å². The highest BCUT2D eigenvalue weighted by molar-refractivity contribution is 5.92. The van der Waals surface area contributed by atoms with Gasteiger partial charge >= 0.3 is 0 Å². The quantitative estimate of drug-likeness (QED) is 0.881. The summed E-state index contributed by atoms with van der Waals surface area (Å²) in [6.45, 7) is 6.53. The van der Waals surface area contributed by atoms with Crippen LogP contribution < -0.4 is 10.6 Å². The Hall–Kier alpha value is -2.36. The second kappa shape index (κ2) is 6.88. The fourth-order valence-corrected chi connectivity index (χ4v) is 1.87. The molecule has 0 radical (unpaired) electrons. The Kier molecular flexibility index (Phi) is 4.93. The van der Waals surface area contributed by atoms with E-state index in [-0.39, 0.29) is 11.8 Å². The van der Waals surface area contributed by atoms with Crippen LogP contribution in [-0.4, -0.2) is 10.9 Å². The molecule has 110 valence electrons. The molecule has 0 saturated heterocycles. The molecule has 1 amide bonds. The zero-order valence-corrected chi connectivity index (χ0v) is 12.7. The number of aryl methyl sites for hydroxylation is 1. The summed E-state index contributed by atoms with van der Waals surface area (Å²) in [7, 11) is 0. The van der Waals surface area contributed by atoms with Crippen LogP contribution in [0.5, 0.6) is 0 Å². The molecule has 2 N–H and O–H groups in total. The number of hydrogen-bond acceptors (Lipinski definition) is 3. The van der Waals surface area contributed by atoms with E-state index in [0.29, 0.717) is 6.54 Å². The summed E-state index contributed by atoms with van der Waals surface area (Å²) in [6, 6.07) is 9.73. The van der Waals surface area contributed by atoms with Crippen LogP contribution in [-0.2, 0) is 11.3 Å². The molecule has 0 atom stereocenters. The summed E-state index contributed by atoms with van der Waals surface area (Å²) >= 11 is 0. The van der Waals surface area contributed by atoms with Gasteiger partial charge in [0.15, 0.2) is 0 Å². The van der Waals surface area contributed by atoms with Crippen LogP contribution in [0.4, 0.5) is 11.4 Å². The highest BCUT2D eigenvalue weighted by Gasteiger charge is 2.07. The molecule has 2 aromatic rings. The van der Waals surface area contributed by atoms with Gasteiger partial charge in [0.05, 0.1) is 0 Å². The van der Waals surface area contributed by atoms with E-state index in [1.54, 1.807) is 6.20 Å². The summed E-state index contributed by atoms with van der Waals surface area (Å²) in [5.41, 5.74) is 4.15. The standard InChI is InChI=1S/C17H21N3O/c1-12(2)17(21)20-16-6-4-5-15(9-16)19-11-14-10-18-8-7-13(14)3/h4-10,12,19H,11H2,1-3H3,(H,20,21). The molecule has 0 saturated carbocycles. The van der Waals surface area contributed by atoms with Crippen LogP contribution in [0.3, 0.4) is 0 Å². The predicted molar refractivity (Wildman–Crippen MR) is 86.2 cm³/mol. The molecule has 0 bridgehead atoms. The normalized spacial score (nSPS) is 10.5. The third kappa shape index (κ3) is 4.31. The number of benzene rings is 1. The van der Waals surface area contributed by atoms with Gasteiger partial charge in [0.2, 0.25) is 5.91 Å². The van der Waals surface area contributed by atoms with E-state index in [1.807, 2.05) is 50.4 Å². The highest BCUT2D eigenvalue weighted by atomic mass is 16.1. The Bertz CT molecular complexity index is 623. The van der Waals surface area contributed by atoms with Gasteiger partial charge in [-0.15, -0.1) is 0 Å². The lowest BCUT2D eigenvalue weighted by Gasteiger charge is -2.11. The van der Waals surface area contributed by atoms with E-state index in [2.05, 4.69) is 22.5 Å². The zero-order valence-electron chi connectivity index (χ0n) is 12.7. The van der Waals surface area contributed by atoms with Crippen LogP contribution in [0.15, 0.2) is 42.7 Å². The molecule has 2 rings (SSSR count). The van der Waals surface area contributed by atoms with Gasteiger partial charge in [-0.05, 0) is 42.3 Å². The van der Waals surface area contributed by atoms with Crippen molar-refractivity contribution in [3.05, 3.63) is 53.9 Å². The predicted octanol–water partition coefficient (Wildman–Crippen LogP) is 3.60. The third-order valence-electron chi connectivity index (χ3n) is 3.28. The fraction of sp³-hybridized carbons (Fsp3) is 0.294. The Morgan fingerprint density at radius 3 is 2.71 bits per heavy atom. The fourth-order valence-electron chi connectivity index (χ4n) is 1.87. The molecule has 0 spiro atoms. The molecule has 4 heteroatoms. The van der Waals surface area contributed by atoms with E-state index in [9.17, 15) is 4.79 Å². The smallest absolute Gasteiger partial charge is 0.226 e. The maximum atomic E-state index is 11.7. The molecule has 0 aliphatic carbocycles. The maximum absolute atomic E-state index is 11.7. The first-order valence-electron chi connectivity index (χ1n) is 7.10. The first-order chi connectivity index (χ1) is 10.1. The second-order valence-electron chi connectivity index (χ2n) is 5.38. The zero-order chi connectivity index (χ0) is 15.2. The number of nitrogens with zero attached hydrogens (tertiary/aromatic N) is 1. The molecule has 0 unspecified atom stereocenters. The van der Waals surface area contributed by atoms with Gasteiger partial charge in [0.25, 0.3) is 0 Å². The minimum atomic E-state index is -0.0281. The number of carbonyl (C=O) groups excluding carboxylic acids is 1. The third-order valence-corrected chi connectivity index (χ3v) is 3.28. The minimum Gasteiger partial charge on any atom is -0.381 e. The molecule has 1 aromatic carbocycles. The summed E-state index contributed by atoms with van der Waals surface area (Å²) in [4.78, 5) is 15.8. The van der Waals surface area contributed by atoms with E-state index in [0.717, 1.165) is 16.9 Å². The van der Waals surface area contributed by atoms with Gasteiger partial charge in [-0.3, -0.25) is 9.78 Å². The van der Waals surface area contributed by atoms with Gasteiger partial charge in [-0.1, -0.05) is 19.9 Å². The average molecular weight is 283 g/mol. The first-order valence-corrected chi connectivity index (χ1v) is 7.10. The lowest BCUT2D eigenvalue weighted by atomic mass is 10.1. The SMILES string of the molecule is Cc1ccncc1CNc1cccc(NC(=O)C(C)C)c1. The van der Waals surface area contributed by atoms with Gasteiger partial charge in [0, 0.05) is 36.2 Å². The van der Waals surface area contributed by atoms with Crippen molar-refractivity contribution in [1.82, 2.24) is 4.98 Å². The topological polar surface area (TPSA) is 54.0 Å². The number of rotatable bonds is 5. The van der Waals surface area contributed by atoms with E-state index in [4.69, 9.17) is 0 Å². The summed E-state index contributed by atoms with van der Waals surface area (Å²) < 4.78 is 0. The van der Waals surface area contributed by atoms with Crippen molar-refractivity contribution in [3.8, 4) is 0 Å². The Morgan fingerprint density at radius 2 is 2.00 bits per heavy atom. The van der Waals surface area contributed by atoms with Gasteiger partial charge < -0.3 is 10.6 Å². The van der Waals surface area contributed by atoms with Crippen LogP contribution in [0.25, 0.3) is 0 Å². The monoisotopic (exact) mass is 283 g/mol. The number of hydrogen-bond donors (Lipinski definition) is 2. The molecule has 21 heavy (non-hydrogen) atoms. The van der Waals surface area contributed by atoms with Crippen LogP contribution >= 0.6 is 0 Å². The number of carbonyl (C=O) groups is 1. The Labute approximate surface area is 125 Å². The molecule has 1 aromatic heterocycles. The van der Waals surface area contributed by atoms with Gasteiger partial charge in [-0.2, -0.15) is 0 Å². The Morgan fingerprint density at radius 1 is 1.24 bits per heavy atom. The second-order valence-corrected chi connectivity index (χ2v) is 5.38. The molecule has 0 aliphatic rings. The van der Waals surface area contributed by atoms with Crippen molar-refractivity contribution >= 4 is 17.3 Å². The van der Waals surface area contributed by atoms with Crippen molar-refractivity contribution in [3.63, 3.8) is 0 Å². The number of aromatic nitrogens is 1. The molecule has 0 fully saturated rings. The maximum Gasteiger partial charge on any atom is 0.226 e. The highest BCUT2D eigenvalue weighted by Crippen LogP contribution is 2.17. The van der Waals surface area contributed by atoms with Crippen molar-refractivity contribution in [2.75, 3.05) is 10.6 Å². The van der Waals surface area contributed by atoms with E-state index in [1.165, 1.54) is 5.56 Å². The molecular weight excluding hydrogens is 262 g/mol. The number of pyridine rings is 1. The number of amides is 1. The van der Waals surface area contributed by atoms with E-state index < -0.39 is 0 Å². The lowest BCUT2D eigenvalue weighted by molar-refractivity contribution is -0.118. The number of nitrogens with one attached hydrogen (secondary N) is 2. The summed E-state index contributed by atoms with van der Waals surface area (Å²) in [5.74, 6) is -0.00471. The van der Waals surface area contributed by atoms with Gasteiger partial charge in [0.1, 0.15) is 0 Å². The van der Waals surface area contributed by atoms with Crippen LogP contribution in [0.1, 0.15) is 25.0 Å².